The van der Waals surface area contributed by atoms with Gasteiger partial charge in [0, 0.05) is 24.8 Å². The standard InChI is InChI=1S/C14H22N4OS/c1-9-4-10(2)7-18(6-9)13(19)8-20-14-16-11(3)5-12(15)17-14/h5,9-10H,4,6-8H2,1-3H3,(H2,15,16,17)/t9-,10-/m1/s1. The molecule has 0 unspecified atom stereocenters. The van der Waals surface area contributed by atoms with E-state index >= 15 is 0 Å². The van der Waals surface area contributed by atoms with Crippen LogP contribution in [0.3, 0.4) is 0 Å². The second-order valence-corrected chi connectivity index (χ2v) is 6.69. The van der Waals surface area contributed by atoms with Crippen LogP contribution in [0.5, 0.6) is 0 Å². The highest BCUT2D eigenvalue weighted by atomic mass is 32.2. The van der Waals surface area contributed by atoms with Crippen molar-refractivity contribution in [2.75, 3.05) is 24.6 Å². The minimum Gasteiger partial charge on any atom is -0.384 e. The zero-order valence-corrected chi connectivity index (χ0v) is 13.1. The van der Waals surface area contributed by atoms with Gasteiger partial charge < -0.3 is 10.6 Å². The lowest BCUT2D eigenvalue weighted by atomic mass is 9.92. The van der Waals surface area contributed by atoms with Crippen LogP contribution in [0.25, 0.3) is 0 Å². The van der Waals surface area contributed by atoms with Crippen LogP contribution in [-0.2, 0) is 4.79 Å². The van der Waals surface area contributed by atoms with Gasteiger partial charge in [-0.05, 0) is 25.2 Å². The first-order valence-corrected chi connectivity index (χ1v) is 7.94. The quantitative estimate of drug-likeness (QED) is 0.681. The number of rotatable bonds is 3. The SMILES string of the molecule is Cc1cc(N)nc(SCC(=O)N2C[C@H](C)C[C@@H](C)C2)n1. The number of anilines is 1. The molecule has 2 heterocycles. The monoisotopic (exact) mass is 294 g/mol. The maximum atomic E-state index is 12.3. The van der Waals surface area contributed by atoms with E-state index in [4.69, 9.17) is 5.73 Å². The smallest absolute Gasteiger partial charge is 0.233 e. The second kappa shape index (κ2) is 6.43. The van der Waals surface area contributed by atoms with Crippen molar-refractivity contribution in [2.24, 2.45) is 11.8 Å². The van der Waals surface area contributed by atoms with E-state index in [0.29, 0.717) is 28.6 Å². The molecule has 2 atom stereocenters. The number of amides is 1. The van der Waals surface area contributed by atoms with Crippen molar-refractivity contribution in [2.45, 2.75) is 32.3 Å². The Labute approximate surface area is 124 Å². The van der Waals surface area contributed by atoms with Gasteiger partial charge in [-0.15, -0.1) is 0 Å². The molecule has 6 heteroatoms. The number of hydrogen-bond acceptors (Lipinski definition) is 5. The largest absolute Gasteiger partial charge is 0.384 e. The fraction of sp³-hybridized carbons (Fsp3) is 0.643. The van der Waals surface area contributed by atoms with Gasteiger partial charge in [-0.25, -0.2) is 9.97 Å². The van der Waals surface area contributed by atoms with Crippen LogP contribution in [-0.4, -0.2) is 39.6 Å². The number of hydrogen-bond donors (Lipinski definition) is 1. The lowest BCUT2D eigenvalue weighted by Gasteiger charge is -2.34. The summed E-state index contributed by atoms with van der Waals surface area (Å²) in [7, 11) is 0. The summed E-state index contributed by atoms with van der Waals surface area (Å²) in [6, 6.07) is 1.72. The minimum absolute atomic E-state index is 0.164. The first-order valence-electron chi connectivity index (χ1n) is 6.95. The molecule has 2 rings (SSSR count). The van der Waals surface area contributed by atoms with E-state index in [1.54, 1.807) is 6.07 Å². The third kappa shape index (κ3) is 4.10. The van der Waals surface area contributed by atoms with Crippen LogP contribution in [0.4, 0.5) is 5.82 Å². The van der Waals surface area contributed by atoms with Crippen molar-refractivity contribution in [3.05, 3.63) is 11.8 Å². The third-order valence-electron chi connectivity index (χ3n) is 3.40. The molecule has 1 aromatic rings. The molecule has 0 aliphatic carbocycles. The third-order valence-corrected chi connectivity index (χ3v) is 4.23. The zero-order valence-electron chi connectivity index (χ0n) is 12.3. The average molecular weight is 294 g/mol. The molecule has 2 N–H and O–H groups in total. The number of aryl methyl sites for hydroxylation is 1. The number of nitrogen functional groups attached to an aromatic ring is 1. The van der Waals surface area contributed by atoms with Gasteiger partial charge in [-0.3, -0.25) is 4.79 Å². The predicted octanol–water partition coefficient (Wildman–Crippen LogP) is 1.96. The van der Waals surface area contributed by atoms with Crippen molar-refractivity contribution >= 4 is 23.5 Å². The molecule has 1 aliphatic heterocycles. The van der Waals surface area contributed by atoms with Gasteiger partial charge in [0.15, 0.2) is 5.16 Å². The normalized spacial score (nSPS) is 22.9. The van der Waals surface area contributed by atoms with Gasteiger partial charge in [0.1, 0.15) is 5.82 Å². The molecule has 5 nitrogen and oxygen atoms in total. The summed E-state index contributed by atoms with van der Waals surface area (Å²) in [6.07, 6.45) is 1.20. The second-order valence-electron chi connectivity index (χ2n) is 5.75. The number of piperidine rings is 1. The van der Waals surface area contributed by atoms with Crippen LogP contribution < -0.4 is 5.73 Å². The van der Waals surface area contributed by atoms with Crippen LogP contribution in [0.1, 0.15) is 26.0 Å². The fourth-order valence-electron chi connectivity index (χ4n) is 2.71. The van der Waals surface area contributed by atoms with E-state index < -0.39 is 0 Å². The van der Waals surface area contributed by atoms with Gasteiger partial charge >= 0.3 is 0 Å². The highest BCUT2D eigenvalue weighted by Crippen LogP contribution is 2.22. The molecule has 0 bridgehead atoms. The Morgan fingerprint density at radius 1 is 1.40 bits per heavy atom. The Morgan fingerprint density at radius 3 is 2.65 bits per heavy atom. The number of thioether (sulfide) groups is 1. The molecule has 0 radical (unpaired) electrons. The number of nitrogens with zero attached hydrogens (tertiary/aromatic N) is 3. The van der Waals surface area contributed by atoms with E-state index in [1.165, 1.54) is 18.2 Å². The number of nitrogens with two attached hydrogens (primary N) is 1. The summed E-state index contributed by atoms with van der Waals surface area (Å²) >= 11 is 1.36. The Morgan fingerprint density at radius 2 is 2.05 bits per heavy atom. The molecule has 1 amide bonds. The highest BCUT2D eigenvalue weighted by Gasteiger charge is 2.25. The number of likely N-dealkylation sites (tertiary alicyclic amines) is 1. The summed E-state index contributed by atoms with van der Waals surface area (Å²) in [6.45, 7) is 8.00. The van der Waals surface area contributed by atoms with Crippen molar-refractivity contribution in [3.8, 4) is 0 Å². The van der Waals surface area contributed by atoms with Crippen molar-refractivity contribution in [1.29, 1.82) is 0 Å². The van der Waals surface area contributed by atoms with Crippen LogP contribution in [0.2, 0.25) is 0 Å². The highest BCUT2D eigenvalue weighted by molar-refractivity contribution is 7.99. The van der Waals surface area contributed by atoms with Crippen molar-refractivity contribution in [1.82, 2.24) is 14.9 Å². The first-order chi connectivity index (χ1) is 9.44. The van der Waals surface area contributed by atoms with E-state index in [0.717, 1.165) is 18.8 Å². The summed E-state index contributed by atoms with van der Waals surface area (Å²) in [5.74, 6) is 2.16. The Kier molecular flexibility index (Phi) is 4.86. The fourth-order valence-corrected chi connectivity index (χ4v) is 3.53. The van der Waals surface area contributed by atoms with E-state index in [2.05, 4.69) is 23.8 Å². The van der Waals surface area contributed by atoms with Crippen LogP contribution in [0.15, 0.2) is 11.2 Å². The molecule has 1 aliphatic rings. The topological polar surface area (TPSA) is 72.1 Å². The van der Waals surface area contributed by atoms with Crippen molar-refractivity contribution < 1.29 is 4.79 Å². The lowest BCUT2D eigenvalue weighted by molar-refractivity contribution is -0.130. The molecular weight excluding hydrogens is 272 g/mol. The molecular formula is C14H22N4OS. The minimum atomic E-state index is 0.164. The molecule has 110 valence electrons. The van der Waals surface area contributed by atoms with Crippen molar-refractivity contribution in [3.63, 3.8) is 0 Å². The Hall–Kier alpha value is -1.30. The number of aromatic nitrogens is 2. The number of carbonyl (C=O) groups excluding carboxylic acids is 1. The van der Waals surface area contributed by atoms with Crippen LogP contribution in [0, 0.1) is 18.8 Å². The maximum Gasteiger partial charge on any atom is 0.233 e. The van der Waals surface area contributed by atoms with Gasteiger partial charge in [-0.2, -0.15) is 0 Å². The molecule has 20 heavy (non-hydrogen) atoms. The summed E-state index contributed by atoms with van der Waals surface area (Å²) in [5, 5.41) is 0.578. The molecule has 0 aromatic carbocycles. The Balaban J connectivity index is 1.91. The average Bonchev–Trinajstić information content (AvgIpc) is 2.33. The molecule has 1 aromatic heterocycles. The van der Waals surface area contributed by atoms with Crippen LogP contribution >= 0.6 is 11.8 Å². The Bertz CT molecular complexity index is 464. The summed E-state index contributed by atoms with van der Waals surface area (Å²) in [5.41, 5.74) is 6.51. The zero-order chi connectivity index (χ0) is 14.7. The van der Waals surface area contributed by atoms with Gasteiger partial charge in [0.05, 0.1) is 5.75 Å². The van der Waals surface area contributed by atoms with Gasteiger partial charge in [0.25, 0.3) is 0 Å². The van der Waals surface area contributed by atoms with E-state index in [1.807, 2.05) is 11.8 Å². The molecule has 0 spiro atoms. The molecule has 1 fully saturated rings. The molecule has 0 saturated carbocycles. The van der Waals surface area contributed by atoms with E-state index in [-0.39, 0.29) is 5.91 Å². The van der Waals surface area contributed by atoms with Gasteiger partial charge in [-0.1, -0.05) is 25.6 Å². The number of carbonyl (C=O) groups is 1. The predicted molar refractivity (Wildman–Crippen MR) is 81.4 cm³/mol. The van der Waals surface area contributed by atoms with Gasteiger partial charge in [0.2, 0.25) is 5.91 Å². The lowest BCUT2D eigenvalue weighted by Crippen LogP contribution is -2.43. The summed E-state index contributed by atoms with van der Waals surface area (Å²) < 4.78 is 0. The maximum absolute atomic E-state index is 12.3. The first kappa shape index (κ1) is 15.1. The summed E-state index contributed by atoms with van der Waals surface area (Å²) in [4.78, 5) is 22.6. The van der Waals surface area contributed by atoms with E-state index in [9.17, 15) is 4.79 Å². The molecule has 1 saturated heterocycles.